The molecule has 9 heteroatoms. The van der Waals surface area contributed by atoms with Crippen molar-refractivity contribution in [1.82, 2.24) is 14.9 Å². The molecular weight excluding hydrogens is 415 g/mol. The highest BCUT2D eigenvalue weighted by Gasteiger charge is 2.30. The molecule has 0 fully saturated rings. The van der Waals surface area contributed by atoms with Crippen molar-refractivity contribution < 1.29 is 23.1 Å². The molecule has 2 N–H and O–H groups in total. The second kappa shape index (κ2) is 7.41. The lowest BCUT2D eigenvalue weighted by Crippen LogP contribution is -2.34. The number of fused-ring (bicyclic) bond motifs is 3. The van der Waals surface area contributed by atoms with Crippen LogP contribution in [0.2, 0.25) is 0 Å². The SMILES string of the molecule is Cc1nc2c3cc(C(=O)N[C@@H](C)CO)ccc3n(-c3ccc(C(F)(F)F)cc3)c2s1. The lowest BCUT2D eigenvalue weighted by atomic mass is 10.1. The fraction of sp³-hybridized carbons (Fsp3) is 0.238. The van der Waals surface area contributed by atoms with E-state index in [9.17, 15) is 18.0 Å². The zero-order valence-electron chi connectivity index (χ0n) is 16.1. The molecule has 0 radical (unpaired) electrons. The van der Waals surface area contributed by atoms with Crippen molar-refractivity contribution in [3.63, 3.8) is 0 Å². The van der Waals surface area contributed by atoms with Crippen LogP contribution < -0.4 is 5.32 Å². The maximum absolute atomic E-state index is 12.9. The van der Waals surface area contributed by atoms with Crippen LogP contribution in [-0.2, 0) is 6.18 Å². The number of amides is 1. The fourth-order valence-electron chi connectivity index (χ4n) is 3.32. The molecule has 2 aromatic carbocycles. The monoisotopic (exact) mass is 433 g/mol. The summed E-state index contributed by atoms with van der Waals surface area (Å²) in [5.41, 5.74) is 1.72. The topological polar surface area (TPSA) is 67.2 Å². The summed E-state index contributed by atoms with van der Waals surface area (Å²) in [4.78, 5) is 17.8. The Labute approximate surface area is 173 Å². The summed E-state index contributed by atoms with van der Waals surface area (Å²) < 4.78 is 40.7. The normalized spacial score (nSPS) is 13.1. The van der Waals surface area contributed by atoms with Crippen LogP contribution in [-0.4, -0.2) is 33.2 Å². The highest BCUT2D eigenvalue weighted by molar-refractivity contribution is 7.18. The summed E-state index contributed by atoms with van der Waals surface area (Å²) in [7, 11) is 0. The number of thiazole rings is 1. The summed E-state index contributed by atoms with van der Waals surface area (Å²) in [5.74, 6) is -0.319. The van der Waals surface area contributed by atoms with E-state index < -0.39 is 11.7 Å². The molecule has 0 aliphatic carbocycles. The van der Waals surface area contributed by atoms with Crippen molar-refractivity contribution in [3.05, 3.63) is 58.6 Å². The number of halogens is 3. The molecule has 1 atom stereocenters. The first kappa shape index (κ1) is 20.4. The molecule has 4 aromatic rings. The molecule has 0 saturated heterocycles. The van der Waals surface area contributed by atoms with Crippen molar-refractivity contribution in [2.75, 3.05) is 6.61 Å². The van der Waals surface area contributed by atoms with E-state index in [0.29, 0.717) is 16.8 Å². The van der Waals surface area contributed by atoms with E-state index in [1.807, 2.05) is 11.5 Å². The van der Waals surface area contributed by atoms with Gasteiger partial charge in [0.25, 0.3) is 5.91 Å². The maximum Gasteiger partial charge on any atom is 0.416 e. The number of aromatic nitrogens is 2. The van der Waals surface area contributed by atoms with Gasteiger partial charge in [0.15, 0.2) is 0 Å². The summed E-state index contributed by atoms with van der Waals surface area (Å²) in [6.45, 7) is 3.38. The predicted molar refractivity (Wildman–Crippen MR) is 110 cm³/mol. The van der Waals surface area contributed by atoms with E-state index in [4.69, 9.17) is 5.11 Å². The van der Waals surface area contributed by atoms with Crippen molar-refractivity contribution in [1.29, 1.82) is 0 Å². The fourth-order valence-corrected chi connectivity index (χ4v) is 4.29. The molecule has 2 aromatic heterocycles. The molecule has 30 heavy (non-hydrogen) atoms. The minimum Gasteiger partial charge on any atom is -0.394 e. The molecular formula is C21H18F3N3O2S. The number of carbonyl (C=O) groups excluding carboxylic acids is 1. The lowest BCUT2D eigenvalue weighted by molar-refractivity contribution is -0.137. The molecule has 0 spiro atoms. The van der Waals surface area contributed by atoms with Crippen LogP contribution in [0.1, 0.15) is 27.9 Å². The standard InChI is InChI=1S/C21H18F3N3O2S/c1-11(10-28)25-19(29)13-3-8-17-16(9-13)18-20(30-12(2)26-18)27(17)15-6-4-14(5-7-15)21(22,23)24/h3-9,11,28H,10H2,1-2H3,(H,25,29)/t11-/m0/s1. The van der Waals surface area contributed by atoms with Gasteiger partial charge in [-0.05, 0) is 56.3 Å². The number of rotatable bonds is 4. The average molecular weight is 433 g/mol. The quantitative estimate of drug-likeness (QED) is 0.491. The van der Waals surface area contributed by atoms with E-state index in [1.165, 1.54) is 23.5 Å². The average Bonchev–Trinajstić information content (AvgIpc) is 3.21. The van der Waals surface area contributed by atoms with Crippen LogP contribution in [0, 0.1) is 6.92 Å². The molecule has 2 heterocycles. The van der Waals surface area contributed by atoms with Gasteiger partial charge in [0.2, 0.25) is 0 Å². The third kappa shape index (κ3) is 3.54. The van der Waals surface area contributed by atoms with E-state index in [-0.39, 0.29) is 18.6 Å². The zero-order valence-corrected chi connectivity index (χ0v) is 16.9. The first-order chi connectivity index (χ1) is 14.2. The van der Waals surface area contributed by atoms with Gasteiger partial charge >= 0.3 is 6.18 Å². The van der Waals surface area contributed by atoms with Crippen molar-refractivity contribution in [2.45, 2.75) is 26.1 Å². The van der Waals surface area contributed by atoms with Gasteiger partial charge in [-0.15, -0.1) is 11.3 Å². The molecule has 1 amide bonds. The Morgan fingerprint density at radius 2 is 1.93 bits per heavy atom. The van der Waals surface area contributed by atoms with Gasteiger partial charge in [0.1, 0.15) is 10.3 Å². The Bertz CT molecular complexity index is 1240. The summed E-state index contributed by atoms with van der Waals surface area (Å²) >= 11 is 1.43. The second-order valence-electron chi connectivity index (χ2n) is 7.06. The largest absolute Gasteiger partial charge is 0.416 e. The van der Waals surface area contributed by atoms with Gasteiger partial charge in [0, 0.05) is 22.7 Å². The summed E-state index contributed by atoms with van der Waals surface area (Å²) in [6, 6.07) is 9.72. The van der Waals surface area contributed by atoms with Gasteiger partial charge in [-0.25, -0.2) is 4.98 Å². The molecule has 0 unspecified atom stereocenters. The smallest absolute Gasteiger partial charge is 0.394 e. The van der Waals surface area contributed by atoms with Crippen LogP contribution >= 0.6 is 11.3 Å². The summed E-state index contributed by atoms with van der Waals surface area (Å²) in [6.07, 6.45) is -4.40. The number of aryl methyl sites for hydroxylation is 1. The number of hydrogen-bond donors (Lipinski definition) is 2. The van der Waals surface area contributed by atoms with Crippen LogP contribution in [0.5, 0.6) is 0 Å². The highest BCUT2D eigenvalue weighted by Crippen LogP contribution is 2.36. The minimum atomic E-state index is -4.40. The Morgan fingerprint density at radius 3 is 2.57 bits per heavy atom. The molecule has 156 valence electrons. The number of nitrogens with one attached hydrogen (secondary N) is 1. The van der Waals surface area contributed by atoms with Crippen molar-refractivity contribution in [3.8, 4) is 5.69 Å². The zero-order chi connectivity index (χ0) is 21.6. The summed E-state index contributed by atoms with van der Waals surface area (Å²) in [5, 5.41) is 13.4. The Balaban J connectivity index is 1.86. The van der Waals surface area contributed by atoms with Crippen LogP contribution in [0.3, 0.4) is 0 Å². The Morgan fingerprint density at radius 1 is 1.23 bits per heavy atom. The van der Waals surface area contributed by atoms with Crippen molar-refractivity contribution >= 4 is 38.5 Å². The van der Waals surface area contributed by atoms with Crippen LogP contribution in [0.4, 0.5) is 13.2 Å². The van der Waals surface area contributed by atoms with E-state index >= 15 is 0 Å². The molecule has 0 saturated carbocycles. The number of benzene rings is 2. The van der Waals surface area contributed by atoms with Crippen molar-refractivity contribution in [2.24, 2.45) is 0 Å². The number of carbonyl (C=O) groups is 1. The minimum absolute atomic E-state index is 0.173. The number of nitrogens with zero attached hydrogens (tertiary/aromatic N) is 2. The molecule has 5 nitrogen and oxygen atoms in total. The van der Waals surface area contributed by atoms with Crippen LogP contribution in [0.15, 0.2) is 42.5 Å². The molecule has 4 rings (SSSR count). The highest BCUT2D eigenvalue weighted by atomic mass is 32.1. The van der Waals surface area contributed by atoms with Gasteiger partial charge < -0.3 is 10.4 Å². The van der Waals surface area contributed by atoms with Gasteiger partial charge in [-0.1, -0.05) is 0 Å². The number of aliphatic hydroxyl groups excluding tert-OH is 1. The first-order valence-corrected chi connectivity index (χ1v) is 10.0. The number of hydrogen-bond acceptors (Lipinski definition) is 4. The predicted octanol–water partition coefficient (Wildman–Crippen LogP) is 4.68. The Kier molecular flexibility index (Phi) is 5.03. The van der Waals surface area contributed by atoms with Crippen LogP contribution in [0.25, 0.3) is 26.9 Å². The maximum atomic E-state index is 12.9. The van der Waals surface area contributed by atoms with E-state index in [1.54, 1.807) is 25.1 Å². The lowest BCUT2D eigenvalue weighted by Gasteiger charge is -2.12. The van der Waals surface area contributed by atoms with Gasteiger partial charge in [0.05, 0.1) is 22.7 Å². The Hall–Kier alpha value is -2.91. The number of alkyl halides is 3. The third-order valence-electron chi connectivity index (χ3n) is 4.78. The molecule has 0 aliphatic heterocycles. The first-order valence-electron chi connectivity index (χ1n) is 9.20. The van der Waals surface area contributed by atoms with E-state index in [0.717, 1.165) is 32.9 Å². The molecule has 0 aliphatic rings. The second-order valence-corrected chi connectivity index (χ2v) is 8.24. The van der Waals surface area contributed by atoms with Gasteiger partial charge in [-0.2, -0.15) is 13.2 Å². The van der Waals surface area contributed by atoms with Gasteiger partial charge in [-0.3, -0.25) is 9.36 Å². The number of aliphatic hydroxyl groups is 1. The van der Waals surface area contributed by atoms with E-state index in [2.05, 4.69) is 10.3 Å². The third-order valence-corrected chi connectivity index (χ3v) is 5.73. The molecule has 0 bridgehead atoms.